The Balaban J connectivity index is 0.00000144. The van der Waals surface area contributed by atoms with Gasteiger partial charge in [0.25, 0.3) is 0 Å². The summed E-state index contributed by atoms with van der Waals surface area (Å²) >= 11 is 0. The number of phenolic OH excluding ortho intramolecular Hbond substituents is 2. The first-order chi connectivity index (χ1) is 7.66. The Kier molecular flexibility index (Phi) is 4.12. The largest absolute Gasteiger partial charge is 0.504 e. The zero-order valence-electron chi connectivity index (χ0n) is 8.78. The minimum absolute atomic E-state index is 0. The molecule has 2 aromatic rings. The molecule has 6 heteroatoms. The Hall–Kier alpha value is -2.01. The minimum Gasteiger partial charge on any atom is -0.504 e. The van der Waals surface area contributed by atoms with Crippen molar-refractivity contribution in [3.05, 3.63) is 42.5 Å². The molecule has 0 radical (unpaired) electrons. The molecule has 0 saturated heterocycles. The molecule has 0 aliphatic rings. The van der Waals surface area contributed by atoms with Crippen LogP contribution in [0.25, 0.3) is 0 Å². The molecule has 0 spiro atoms. The summed E-state index contributed by atoms with van der Waals surface area (Å²) in [6.07, 6.45) is 4.80. The van der Waals surface area contributed by atoms with E-state index >= 15 is 0 Å². The number of hydrogen-bond donors (Lipinski definition) is 2. The van der Waals surface area contributed by atoms with Crippen molar-refractivity contribution in [2.75, 3.05) is 0 Å². The third-order valence-electron chi connectivity index (χ3n) is 2.18. The lowest BCUT2D eigenvalue weighted by Gasteiger charge is -2.03. The van der Waals surface area contributed by atoms with Crippen LogP contribution in [-0.2, 0) is 6.54 Å². The number of phenols is 2. The fraction of sp³-hybridized carbons (Fsp3) is 0.0909. The highest BCUT2D eigenvalue weighted by Crippen LogP contribution is 2.25. The van der Waals surface area contributed by atoms with Crippen LogP contribution in [0.15, 0.2) is 36.9 Å². The zero-order valence-corrected chi connectivity index (χ0v) is 9.59. The van der Waals surface area contributed by atoms with Gasteiger partial charge in [-0.05, 0) is 18.2 Å². The summed E-state index contributed by atoms with van der Waals surface area (Å²) < 4.78 is 1.63. The molecule has 0 fully saturated rings. The molecule has 2 N–H and O–H groups in total. The number of carbonyl (C=O) groups excluding carboxylic acids is 1. The number of aromatic nitrogens is 2. The molecule has 0 unspecified atom stereocenters. The highest BCUT2D eigenvalue weighted by Gasteiger charge is 2.09. The highest BCUT2D eigenvalue weighted by molar-refractivity contribution is 5.96. The van der Waals surface area contributed by atoms with Gasteiger partial charge < -0.3 is 14.8 Å². The van der Waals surface area contributed by atoms with Gasteiger partial charge in [-0.15, -0.1) is 12.4 Å². The summed E-state index contributed by atoms with van der Waals surface area (Å²) in [5.41, 5.74) is 0.351. The number of imidazole rings is 1. The number of carbonyl (C=O) groups is 1. The van der Waals surface area contributed by atoms with E-state index in [0.717, 1.165) is 0 Å². The van der Waals surface area contributed by atoms with Crippen molar-refractivity contribution < 1.29 is 15.0 Å². The lowest BCUT2D eigenvalue weighted by molar-refractivity contribution is 0.0971. The molecule has 0 saturated carbocycles. The third-order valence-corrected chi connectivity index (χ3v) is 2.18. The minimum atomic E-state index is -0.295. The second kappa shape index (κ2) is 5.36. The van der Waals surface area contributed by atoms with Crippen LogP contribution in [0.4, 0.5) is 0 Å². The Morgan fingerprint density at radius 3 is 2.65 bits per heavy atom. The number of aromatic hydroxyl groups is 2. The standard InChI is InChI=1S/C11H10N2O3.ClH/c14-9-2-1-8(5-10(9)15)11(16)6-13-4-3-12-7-13;/h1-5,7,14-15H,6H2;1H. The van der Waals surface area contributed by atoms with Gasteiger partial charge in [-0.2, -0.15) is 0 Å². The average molecular weight is 255 g/mol. The van der Waals surface area contributed by atoms with E-state index in [1.807, 2.05) is 0 Å². The SMILES string of the molecule is Cl.O=C(Cn1ccnc1)c1ccc(O)c(O)c1. The van der Waals surface area contributed by atoms with Gasteiger partial charge in [0.15, 0.2) is 17.3 Å². The highest BCUT2D eigenvalue weighted by atomic mass is 35.5. The first-order valence-corrected chi connectivity index (χ1v) is 4.68. The third kappa shape index (κ3) is 2.98. The van der Waals surface area contributed by atoms with Crippen LogP contribution in [0.1, 0.15) is 10.4 Å². The van der Waals surface area contributed by atoms with Crippen molar-refractivity contribution in [3.63, 3.8) is 0 Å². The van der Waals surface area contributed by atoms with Gasteiger partial charge in [0.2, 0.25) is 0 Å². The van der Waals surface area contributed by atoms with Crippen LogP contribution < -0.4 is 0 Å². The number of halogens is 1. The van der Waals surface area contributed by atoms with Gasteiger partial charge in [-0.3, -0.25) is 4.79 Å². The Morgan fingerprint density at radius 2 is 2.06 bits per heavy atom. The maximum absolute atomic E-state index is 11.7. The molecule has 2 rings (SSSR count). The quantitative estimate of drug-likeness (QED) is 0.644. The number of rotatable bonds is 3. The predicted octanol–water partition coefficient (Wildman–Crippen LogP) is 1.60. The molecule has 1 aromatic heterocycles. The topological polar surface area (TPSA) is 75.4 Å². The van der Waals surface area contributed by atoms with E-state index in [2.05, 4.69) is 4.98 Å². The lowest BCUT2D eigenvalue weighted by atomic mass is 10.1. The van der Waals surface area contributed by atoms with Crippen LogP contribution in [0.2, 0.25) is 0 Å². The maximum Gasteiger partial charge on any atom is 0.182 e. The van der Waals surface area contributed by atoms with Crippen molar-refractivity contribution in [3.8, 4) is 11.5 Å². The Labute approximate surface area is 104 Å². The summed E-state index contributed by atoms with van der Waals surface area (Å²) in [7, 11) is 0. The maximum atomic E-state index is 11.7. The number of Topliss-reactive ketones (excluding diaryl/α,β-unsaturated/α-hetero) is 1. The lowest BCUT2D eigenvalue weighted by Crippen LogP contribution is -2.08. The molecule has 90 valence electrons. The molecule has 0 bridgehead atoms. The van der Waals surface area contributed by atoms with Gasteiger partial charge in [0.05, 0.1) is 12.9 Å². The first kappa shape index (κ1) is 13.1. The van der Waals surface area contributed by atoms with E-state index in [0.29, 0.717) is 5.56 Å². The molecule has 1 heterocycles. The summed E-state index contributed by atoms with van der Waals surface area (Å²) in [4.78, 5) is 15.6. The van der Waals surface area contributed by atoms with Crippen LogP contribution in [-0.4, -0.2) is 25.5 Å². The molecule has 0 atom stereocenters. The van der Waals surface area contributed by atoms with Gasteiger partial charge in [0, 0.05) is 18.0 Å². The van der Waals surface area contributed by atoms with E-state index in [9.17, 15) is 9.90 Å². The number of hydrogen-bond acceptors (Lipinski definition) is 4. The van der Waals surface area contributed by atoms with E-state index in [-0.39, 0.29) is 36.2 Å². The van der Waals surface area contributed by atoms with Gasteiger partial charge in [-0.1, -0.05) is 0 Å². The second-order valence-corrected chi connectivity index (χ2v) is 3.36. The molecule has 0 aliphatic heterocycles. The van der Waals surface area contributed by atoms with Crippen molar-refractivity contribution >= 4 is 18.2 Å². The molecule has 17 heavy (non-hydrogen) atoms. The normalized spacial score (nSPS) is 9.65. The summed E-state index contributed by atoms with van der Waals surface area (Å²) in [5.74, 6) is -0.691. The molecule has 5 nitrogen and oxygen atoms in total. The average Bonchev–Trinajstić information content (AvgIpc) is 2.74. The summed E-state index contributed by atoms with van der Waals surface area (Å²) in [6.45, 7) is 0.157. The van der Waals surface area contributed by atoms with Gasteiger partial charge >= 0.3 is 0 Å². The number of ketones is 1. The smallest absolute Gasteiger partial charge is 0.182 e. The van der Waals surface area contributed by atoms with Gasteiger partial charge in [-0.25, -0.2) is 4.98 Å². The molecule has 1 aromatic carbocycles. The fourth-order valence-electron chi connectivity index (χ4n) is 1.33. The van der Waals surface area contributed by atoms with Gasteiger partial charge in [0.1, 0.15) is 0 Å². The van der Waals surface area contributed by atoms with Crippen LogP contribution in [0.3, 0.4) is 0 Å². The van der Waals surface area contributed by atoms with Crippen LogP contribution in [0, 0.1) is 0 Å². The number of nitrogens with zero attached hydrogens (tertiary/aromatic N) is 2. The monoisotopic (exact) mass is 254 g/mol. The fourth-order valence-corrected chi connectivity index (χ4v) is 1.33. The summed E-state index contributed by atoms with van der Waals surface area (Å²) in [5, 5.41) is 18.4. The summed E-state index contributed by atoms with van der Waals surface area (Å²) in [6, 6.07) is 4.00. The molecule has 0 aliphatic carbocycles. The van der Waals surface area contributed by atoms with Crippen molar-refractivity contribution in [2.24, 2.45) is 0 Å². The number of benzene rings is 1. The first-order valence-electron chi connectivity index (χ1n) is 4.68. The molecular formula is C11H11ClN2O3. The zero-order chi connectivity index (χ0) is 11.5. The van der Waals surface area contributed by atoms with Crippen LogP contribution >= 0.6 is 12.4 Å². The van der Waals surface area contributed by atoms with E-state index < -0.39 is 0 Å². The van der Waals surface area contributed by atoms with Crippen molar-refractivity contribution in [1.29, 1.82) is 0 Å². The van der Waals surface area contributed by atoms with E-state index in [4.69, 9.17) is 5.11 Å². The Morgan fingerprint density at radius 1 is 1.29 bits per heavy atom. The molecular weight excluding hydrogens is 244 g/mol. The van der Waals surface area contributed by atoms with E-state index in [1.54, 1.807) is 17.0 Å². The van der Waals surface area contributed by atoms with Crippen LogP contribution in [0.5, 0.6) is 11.5 Å². The second-order valence-electron chi connectivity index (χ2n) is 3.36. The van der Waals surface area contributed by atoms with Crippen molar-refractivity contribution in [2.45, 2.75) is 6.54 Å². The van der Waals surface area contributed by atoms with Crippen molar-refractivity contribution in [1.82, 2.24) is 9.55 Å². The Bertz CT molecular complexity index is 511. The predicted molar refractivity (Wildman–Crippen MR) is 63.6 cm³/mol. The van der Waals surface area contributed by atoms with E-state index in [1.165, 1.54) is 24.5 Å². The molecule has 0 amide bonds.